The second-order valence-corrected chi connectivity index (χ2v) is 9.01. The van der Waals surface area contributed by atoms with Crippen molar-refractivity contribution in [2.45, 2.75) is 23.7 Å². The van der Waals surface area contributed by atoms with E-state index in [-0.39, 0.29) is 23.9 Å². The highest BCUT2D eigenvalue weighted by molar-refractivity contribution is 7.89. The monoisotopic (exact) mass is 394 g/mol. The van der Waals surface area contributed by atoms with E-state index in [1.165, 1.54) is 16.4 Å². The fourth-order valence-electron chi connectivity index (χ4n) is 3.12. The van der Waals surface area contributed by atoms with Crippen LogP contribution in [0.25, 0.3) is 0 Å². The van der Waals surface area contributed by atoms with Gasteiger partial charge in [-0.2, -0.15) is 9.40 Å². The van der Waals surface area contributed by atoms with E-state index >= 15 is 0 Å². The summed E-state index contributed by atoms with van der Waals surface area (Å²) in [6.07, 6.45) is 2.27. The number of rotatable bonds is 4. The smallest absolute Gasteiger partial charge is 0.274 e. The van der Waals surface area contributed by atoms with Gasteiger partial charge >= 0.3 is 0 Å². The molecular weight excluding hydrogens is 376 g/mol. The highest BCUT2D eigenvalue weighted by atomic mass is 35.5. The van der Waals surface area contributed by atoms with Gasteiger partial charge in [0.1, 0.15) is 5.69 Å². The summed E-state index contributed by atoms with van der Waals surface area (Å²) >= 11 is 5.91. The van der Waals surface area contributed by atoms with Crippen LogP contribution >= 0.6 is 11.6 Å². The number of nitrogens with zero attached hydrogens (tertiary/aromatic N) is 3. The Morgan fingerprint density at radius 2 is 1.88 bits per heavy atom. The van der Waals surface area contributed by atoms with Gasteiger partial charge in [0, 0.05) is 42.8 Å². The summed E-state index contributed by atoms with van der Waals surface area (Å²) < 4.78 is 26.8. The van der Waals surface area contributed by atoms with E-state index in [9.17, 15) is 13.2 Å². The van der Waals surface area contributed by atoms with Crippen molar-refractivity contribution in [1.29, 1.82) is 0 Å². The molecule has 1 aliphatic heterocycles. The molecule has 2 aliphatic rings. The number of aromatic amines is 1. The molecule has 2 aromatic rings. The number of nitrogens with one attached hydrogen (secondary N) is 1. The molecule has 0 spiro atoms. The lowest BCUT2D eigenvalue weighted by molar-refractivity contribution is 0.0692. The fourth-order valence-corrected chi connectivity index (χ4v) is 4.84. The lowest BCUT2D eigenvalue weighted by atomic mass is 10.2. The van der Waals surface area contributed by atoms with Crippen molar-refractivity contribution in [2.24, 2.45) is 0 Å². The van der Waals surface area contributed by atoms with Crippen LogP contribution in [0.3, 0.4) is 0 Å². The Labute approximate surface area is 157 Å². The Bertz CT molecular complexity index is 931. The maximum Gasteiger partial charge on any atom is 0.274 e. The summed E-state index contributed by atoms with van der Waals surface area (Å²) in [4.78, 5) is 14.4. The Kier molecular flexibility index (Phi) is 4.50. The summed E-state index contributed by atoms with van der Waals surface area (Å²) in [7, 11) is -3.61. The first-order chi connectivity index (χ1) is 12.4. The average Bonchev–Trinajstić information content (AvgIpc) is 3.38. The van der Waals surface area contributed by atoms with Gasteiger partial charge in [0.15, 0.2) is 0 Å². The highest BCUT2D eigenvalue weighted by Gasteiger charge is 2.32. The number of carbonyl (C=O) groups excluding carboxylic acids is 1. The third kappa shape index (κ3) is 3.36. The predicted octanol–water partition coefficient (Wildman–Crippen LogP) is 2.09. The first-order valence-electron chi connectivity index (χ1n) is 8.55. The molecule has 1 aromatic carbocycles. The second-order valence-electron chi connectivity index (χ2n) is 6.64. The van der Waals surface area contributed by atoms with Gasteiger partial charge in [0.25, 0.3) is 5.91 Å². The predicted molar refractivity (Wildman–Crippen MR) is 96.7 cm³/mol. The first kappa shape index (κ1) is 17.5. The van der Waals surface area contributed by atoms with Crippen LogP contribution in [0, 0.1) is 0 Å². The summed E-state index contributed by atoms with van der Waals surface area (Å²) in [6.45, 7) is 1.18. The van der Waals surface area contributed by atoms with Crippen molar-refractivity contribution in [2.75, 3.05) is 26.2 Å². The number of halogens is 1. The summed E-state index contributed by atoms with van der Waals surface area (Å²) in [6, 6.07) is 8.04. The van der Waals surface area contributed by atoms with E-state index in [1.807, 2.05) is 6.07 Å². The number of carbonyl (C=O) groups is 1. The number of sulfonamides is 1. The van der Waals surface area contributed by atoms with Crippen LogP contribution in [-0.4, -0.2) is 59.9 Å². The number of hydrogen-bond donors (Lipinski definition) is 1. The summed E-state index contributed by atoms with van der Waals surface area (Å²) in [5.74, 6) is 0.344. The molecule has 0 unspecified atom stereocenters. The van der Waals surface area contributed by atoms with Crippen LogP contribution in [0.15, 0.2) is 35.2 Å². The summed E-state index contributed by atoms with van der Waals surface area (Å²) in [5.41, 5.74) is 1.41. The average molecular weight is 395 g/mol. The van der Waals surface area contributed by atoms with Crippen LogP contribution in [0.4, 0.5) is 0 Å². The standard InChI is InChI=1S/C17H19ClN4O3S/c18-13-2-1-3-14(10-13)26(24,25)22-8-6-21(7-9-22)17(23)16-11-15(19-20-16)12-4-5-12/h1-3,10-12H,4-9H2,(H,19,20). The van der Waals surface area contributed by atoms with Crippen LogP contribution in [0.5, 0.6) is 0 Å². The lowest BCUT2D eigenvalue weighted by Gasteiger charge is -2.33. The molecule has 1 aromatic heterocycles. The van der Waals surface area contributed by atoms with Gasteiger partial charge in [-0.3, -0.25) is 9.89 Å². The molecule has 1 N–H and O–H groups in total. The van der Waals surface area contributed by atoms with Gasteiger partial charge < -0.3 is 4.90 Å². The van der Waals surface area contributed by atoms with E-state index in [0.717, 1.165) is 18.5 Å². The maximum absolute atomic E-state index is 12.7. The highest BCUT2D eigenvalue weighted by Crippen LogP contribution is 2.39. The molecule has 2 fully saturated rings. The molecule has 9 heteroatoms. The molecule has 1 amide bonds. The first-order valence-corrected chi connectivity index (χ1v) is 10.4. The molecule has 1 saturated heterocycles. The molecule has 2 heterocycles. The quantitative estimate of drug-likeness (QED) is 0.860. The molecule has 4 rings (SSSR count). The van der Waals surface area contributed by atoms with Gasteiger partial charge in [0.2, 0.25) is 10.0 Å². The molecule has 1 saturated carbocycles. The van der Waals surface area contributed by atoms with Gasteiger partial charge in [-0.1, -0.05) is 17.7 Å². The minimum Gasteiger partial charge on any atom is -0.335 e. The van der Waals surface area contributed by atoms with Crippen molar-refractivity contribution in [3.8, 4) is 0 Å². The van der Waals surface area contributed by atoms with Gasteiger partial charge in [-0.25, -0.2) is 8.42 Å². The number of benzene rings is 1. The van der Waals surface area contributed by atoms with Crippen LogP contribution in [0.2, 0.25) is 5.02 Å². The molecule has 1 aliphatic carbocycles. The van der Waals surface area contributed by atoms with Crippen molar-refractivity contribution < 1.29 is 13.2 Å². The zero-order valence-electron chi connectivity index (χ0n) is 14.1. The largest absolute Gasteiger partial charge is 0.335 e. The number of aromatic nitrogens is 2. The van der Waals surface area contributed by atoms with E-state index < -0.39 is 10.0 Å². The molecule has 138 valence electrons. The summed E-state index contributed by atoms with van der Waals surface area (Å²) in [5, 5.41) is 7.43. The number of piperazine rings is 1. The number of hydrogen-bond acceptors (Lipinski definition) is 4. The molecule has 0 atom stereocenters. The van der Waals surface area contributed by atoms with E-state index in [0.29, 0.717) is 29.7 Å². The van der Waals surface area contributed by atoms with Gasteiger partial charge in [0.05, 0.1) is 4.90 Å². The zero-order valence-corrected chi connectivity index (χ0v) is 15.6. The Balaban J connectivity index is 1.42. The number of H-pyrrole nitrogens is 1. The minimum absolute atomic E-state index is 0.159. The second kappa shape index (κ2) is 6.68. The number of amides is 1. The lowest BCUT2D eigenvalue weighted by Crippen LogP contribution is -2.50. The van der Waals surface area contributed by atoms with Crippen LogP contribution in [0.1, 0.15) is 34.9 Å². The Morgan fingerprint density at radius 3 is 2.54 bits per heavy atom. The SMILES string of the molecule is O=C(c1cc(C2CC2)[nH]n1)N1CCN(S(=O)(=O)c2cccc(Cl)c2)CC1. The van der Waals surface area contributed by atoms with Gasteiger partial charge in [-0.15, -0.1) is 0 Å². The van der Waals surface area contributed by atoms with Crippen molar-refractivity contribution in [3.05, 3.63) is 46.7 Å². The normalized spacial score (nSPS) is 18.9. The zero-order chi connectivity index (χ0) is 18.3. The van der Waals surface area contributed by atoms with Gasteiger partial charge in [-0.05, 0) is 37.1 Å². The Hall–Kier alpha value is -1.90. The van der Waals surface area contributed by atoms with Crippen LogP contribution in [-0.2, 0) is 10.0 Å². The van der Waals surface area contributed by atoms with Crippen LogP contribution < -0.4 is 0 Å². The third-order valence-electron chi connectivity index (χ3n) is 4.79. The molecule has 26 heavy (non-hydrogen) atoms. The molecular formula is C17H19ClN4O3S. The minimum atomic E-state index is -3.61. The topological polar surface area (TPSA) is 86.4 Å². The third-order valence-corrected chi connectivity index (χ3v) is 6.92. The van der Waals surface area contributed by atoms with Crippen molar-refractivity contribution in [1.82, 2.24) is 19.4 Å². The van der Waals surface area contributed by atoms with E-state index in [1.54, 1.807) is 17.0 Å². The van der Waals surface area contributed by atoms with E-state index in [2.05, 4.69) is 10.2 Å². The van der Waals surface area contributed by atoms with Crippen molar-refractivity contribution in [3.63, 3.8) is 0 Å². The van der Waals surface area contributed by atoms with E-state index in [4.69, 9.17) is 11.6 Å². The Morgan fingerprint density at radius 1 is 1.15 bits per heavy atom. The molecule has 0 bridgehead atoms. The maximum atomic E-state index is 12.7. The molecule has 0 radical (unpaired) electrons. The fraction of sp³-hybridized carbons (Fsp3) is 0.412. The van der Waals surface area contributed by atoms with Crippen molar-refractivity contribution >= 4 is 27.5 Å². The molecule has 7 nitrogen and oxygen atoms in total.